The number of carbonyl (C=O) groups excluding carboxylic acids is 1. The normalized spacial score (nSPS) is 14.0. The van der Waals surface area contributed by atoms with Crippen molar-refractivity contribution in [1.82, 2.24) is 10.0 Å². The number of sulfonamides is 1. The van der Waals surface area contributed by atoms with Crippen LogP contribution in [0.2, 0.25) is 0 Å². The lowest BCUT2D eigenvalue weighted by Gasteiger charge is -2.24. The van der Waals surface area contributed by atoms with E-state index in [0.717, 1.165) is 5.56 Å². The highest BCUT2D eigenvalue weighted by Crippen LogP contribution is 2.21. The molecule has 0 aromatic heterocycles. The number of carbonyl (C=O) groups is 2. The van der Waals surface area contributed by atoms with Crippen molar-refractivity contribution in [3.05, 3.63) is 28.8 Å². The summed E-state index contributed by atoms with van der Waals surface area (Å²) in [5.74, 6) is -1.65. The van der Waals surface area contributed by atoms with Crippen molar-refractivity contribution in [1.29, 1.82) is 0 Å². The van der Waals surface area contributed by atoms with Gasteiger partial charge in [-0.25, -0.2) is 17.9 Å². The van der Waals surface area contributed by atoms with Gasteiger partial charge in [0.2, 0.25) is 15.9 Å². The number of amides is 1. The number of rotatable bonds is 8. The van der Waals surface area contributed by atoms with E-state index < -0.39 is 27.4 Å². The van der Waals surface area contributed by atoms with Gasteiger partial charge in [0.05, 0.1) is 4.90 Å². The van der Waals surface area contributed by atoms with Crippen molar-refractivity contribution in [3.8, 4) is 0 Å². The van der Waals surface area contributed by atoms with Crippen LogP contribution in [-0.2, 0) is 19.6 Å². The van der Waals surface area contributed by atoms with Crippen LogP contribution < -0.4 is 10.0 Å². The third kappa shape index (κ3) is 5.27. The van der Waals surface area contributed by atoms with Gasteiger partial charge in [0.25, 0.3) is 0 Å². The molecule has 0 aliphatic rings. The van der Waals surface area contributed by atoms with Crippen LogP contribution in [-0.4, -0.2) is 37.5 Å². The van der Waals surface area contributed by atoms with E-state index in [4.69, 9.17) is 5.11 Å². The third-order valence-corrected chi connectivity index (χ3v) is 5.88. The Hall–Kier alpha value is -1.93. The van der Waals surface area contributed by atoms with Gasteiger partial charge in [0, 0.05) is 13.0 Å². The molecule has 0 fully saturated rings. The monoisotopic (exact) mass is 370 g/mol. The smallest absolute Gasteiger partial charge is 0.329 e. The Kier molecular flexibility index (Phi) is 6.73. The highest BCUT2D eigenvalue weighted by Gasteiger charge is 2.32. The molecule has 0 spiro atoms. The van der Waals surface area contributed by atoms with Gasteiger partial charge in [0.1, 0.15) is 5.54 Å². The van der Waals surface area contributed by atoms with Crippen LogP contribution in [0.15, 0.2) is 17.0 Å². The Morgan fingerprint density at radius 1 is 1.16 bits per heavy atom. The zero-order valence-electron chi connectivity index (χ0n) is 15.3. The lowest BCUT2D eigenvalue weighted by Crippen LogP contribution is -2.52. The lowest BCUT2D eigenvalue weighted by molar-refractivity contribution is -0.147. The number of hydrogen-bond acceptors (Lipinski definition) is 4. The lowest BCUT2D eigenvalue weighted by atomic mass is 9.99. The number of nitrogens with one attached hydrogen (secondary N) is 2. The molecule has 1 unspecified atom stereocenters. The van der Waals surface area contributed by atoms with Crippen LogP contribution in [0.4, 0.5) is 0 Å². The highest BCUT2D eigenvalue weighted by molar-refractivity contribution is 7.89. The quantitative estimate of drug-likeness (QED) is 0.644. The molecule has 1 amide bonds. The third-order valence-electron chi connectivity index (χ3n) is 4.11. The van der Waals surface area contributed by atoms with Crippen molar-refractivity contribution in [2.75, 3.05) is 6.54 Å². The molecular weight excluding hydrogens is 344 g/mol. The summed E-state index contributed by atoms with van der Waals surface area (Å²) in [6.45, 7) is 8.29. The number of aliphatic carboxylic acids is 1. The molecule has 140 valence electrons. The van der Waals surface area contributed by atoms with Crippen molar-refractivity contribution >= 4 is 21.9 Å². The molecule has 0 aliphatic carbocycles. The average molecular weight is 370 g/mol. The fourth-order valence-electron chi connectivity index (χ4n) is 2.63. The molecule has 1 aromatic rings. The van der Waals surface area contributed by atoms with E-state index in [1.54, 1.807) is 32.9 Å². The number of carboxylic acid groups (broad SMARTS) is 1. The molecule has 0 heterocycles. The summed E-state index contributed by atoms with van der Waals surface area (Å²) >= 11 is 0. The zero-order chi connectivity index (χ0) is 19.4. The number of hydrogen-bond donors (Lipinski definition) is 3. The van der Waals surface area contributed by atoms with Crippen LogP contribution in [0.5, 0.6) is 0 Å². The SMILES string of the molecule is CCC(C)(NC(=O)CCNS(=O)(=O)c1c(C)cc(C)cc1C)C(=O)O. The molecule has 1 aromatic carbocycles. The molecule has 8 heteroatoms. The van der Waals surface area contributed by atoms with Crippen molar-refractivity contribution in [3.63, 3.8) is 0 Å². The van der Waals surface area contributed by atoms with Gasteiger partial charge in [-0.15, -0.1) is 0 Å². The second-order valence-electron chi connectivity index (χ2n) is 6.41. The Morgan fingerprint density at radius 2 is 1.68 bits per heavy atom. The second kappa shape index (κ2) is 7.97. The summed E-state index contributed by atoms with van der Waals surface area (Å²) in [7, 11) is -3.75. The molecule has 0 saturated heterocycles. The predicted octanol–water partition coefficient (Wildman–Crippen LogP) is 1.65. The molecule has 0 aliphatic heterocycles. The summed E-state index contributed by atoms with van der Waals surface area (Å²) in [6.07, 6.45) is 0.0770. The van der Waals surface area contributed by atoms with E-state index in [-0.39, 0.29) is 24.3 Å². The van der Waals surface area contributed by atoms with Crippen molar-refractivity contribution < 1.29 is 23.1 Å². The number of benzene rings is 1. The fraction of sp³-hybridized carbons (Fsp3) is 0.529. The molecule has 25 heavy (non-hydrogen) atoms. The summed E-state index contributed by atoms with van der Waals surface area (Å²) in [6, 6.07) is 3.57. The van der Waals surface area contributed by atoms with E-state index in [2.05, 4.69) is 10.0 Å². The standard InChI is InChI=1S/C17H26N2O5S/c1-6-17(5,16(21)22)19-14(20)7-8-18-25(23,24)15-12(3)9-11(2)10-13(15)4/h9-10,18H,6-8H2,1-5H3,(H,19,20)(H,21,22). The first kappa shape index (κ1) is 21.1. The van der Waals surface area contributed by atoms with Gasteiger partial charge in [-0.3, -0.25) is 4.79 Å². The average Bonchev–Trinajstić information content (AvgIpc) is 2.44. The minimum Gasteiger partial charge on any atom is -0.480 e. The van der Waals surface area contributed by atoms with Crippen LogP contribution in [0.3, 0.4) is 0 Å². The first-order chi connectivity index (χ1) is 11.4. The van der Waals surface area contributed by atoms with E-state index in [1.807, 2.05) is 6.92 Å². The van der Waals surface area contributed by atoms with Gasteiger partial charge in [-0.1, -0.05) is 24.6 Å². The molecule has 0 saturated carbocycles. The molecule has 3 N–H and O–H groups in total. The van der Waals surface area contributed by atoms with Crippen molar-refractivity contribution in [2.45, 2.75) is 57.9 Å². The summed E-state index contributed by atoms with van der Waals surface area (Å²) in [4.78, 5) is 23.3. The highest BCUT2D eigenvalue weighted by atomic mass is 32.2. The first-order valence-corrected chi connectivity index (χ1v) is 9.53. The molecular formula is C17H26N2O5S. The van der Waals surface area contributed by atoms with Gasteiger partial charge in [-0.05, 0) is 45.2 Å². The summed E-state index contributed by atoms with van der Waals surface area (Å²) in [5, 5.41) is 11.6. The largest absolute Gasteiger partial charge is 0.480 e. The molecule has 0 radical (unpaired) electrons. The molecule has 7 nitrogen and oxygen atoms in total. The molecule has 1 atom stereocenters. The van der Waals surface area contributed by atoms with Gasteiger partial charge in [-0.2, -0.15) is 0 Å². The predicted molar refractivity (Wildman–Crippen MR) is 94.9 cm³/mol. The van der Waals surface area contributed by atoms with Gasteiger partial charge in [0.15, 0.2) is 0 Å². The van der Waals surface area contributed by atoms with E-state index >= 15 is 0 Å². The minimum absolute atomic E-state index is 0.111. The Bertz CT molecular complexity index is 750. The number of carboxylic acids is 1. The number of aryl methyl sites for hydroxylation is 3. The van der Waals surface area contributed by atoms with Crippen molar-refractivity contribution in [2.24, 2.45) is 0 Å². The van der Waals surface area contributed by atoms with Crippen LogP contribution >= 0.6 is 0 Å². The maximum atomic E-state index is 12.5. The van der Waals surface area contributed by atoms with Crippen LogP contribution in [0.1, 0.15) is 43.4 Å². The Balaban J connectivity index is 2.76. The Morgan fingerprint density at radius 3 is 2.12 bits per heavy atom. The zero-order valence-corrected chi connectivity index (χ0v) is 16.1. The fourth-order valence-corrected chi connectivity index (χ4v) is 4.11. The molecule has 0 bridgehead atoms. The summed E-state index contributed by atoms with van der Waals surface area (Å²) < 4.78 is 27.4. The Labute approximate surface area is 148 Å². The van der Waals surface area contributed by atoms with E-state index in [1.165, 1.54) is 6.92 Å². The second-order valence-corrected chi connectivity index (χ2v) is 8.12. The maximum Gasteiger partial charge on any atom is 0.329 e. The van der Waals surface area contributed by atoms with E-state index in [9.17, 15) is 18.0 Å². The van der Waals surface area contributed by atoms with Crippen LogP contribution in [0, 0.1) is 20.8 Å². The summed E-state index contributed by atoms with van der Waals surface area (Å²) in [5.41, 5.74) is 0.888. The first-order valence-electron chi connectivity index (χ1n) is 8.05. The topological polar surface area (TPSA) is 113 Å². The minimum atomic E-state index is -3.75. The maximum absolute atomic E-state index is 12.5. The van der Waals surface area contributed by atoms with E-state index in [0.29, 0.717) is 11.1 Å². The molecule has 1 rings (SSSR count). The van der Waals surface area contributed by atoms with Gasteiger partial charge < -0.3 is 10.4 Å². The van der Waals surface area contributed by atoms with Gasteiger partial charge >= 0.3 is 5.97 Å². The van der Waals surface area contributed by atoms with Crippen LogP contribution in [0.25, 0.3) is 0 Å².